The Morgan fingerprint density at radius 3 is 2.44 bits per heavy atom. The fourth-order valence-electron chi connectivity index (χ4n) is 2.63. The highest BCUT2D eigenvalue weighted by molar-refractivity contribution is 5.99. The molecule has 0 spiro atoms. The van der Waals surface area contributed by atoms with Crippen LogP contribution >= 0.6 is 0 Å². The summed E-state index contributed by atoms with van der Waals surface area (Å²) in [5.41, 5.74) is 0.842. The summed E-state index contributed by atoms with van der Waals surface area (Å²) in [5, 5.41) is 2.55. The normalized spacial score (nSPS) is 16.1. The number of hydrogen-bond acceptors (Lipinski definition) is 4. The lowest BCUT2D eigenvalue weighted by molar-refractivity contribution is -0.274. The van der Waals surface area contributed by atoms with Crippen LogP contribution in [0.4, 0.5) is 24.5 Å². The second kappa shape index (κ2) is 7.18. The van der Waals surface area contributed by atoms with E-state index in [0.717, 1.165) is 12.1 Å². The Kier molecular flexibility index (Phi) is 4.93. The summed E-state index contributed by atoms with van der Waals surface area (Å²) in [7, 11) is 0. The van der Waals surface area contributed by atoms with Crippen LogP contribution in [0.2, 0.25) is 0 Å². The molecule has 0 fully saturated rings. The lowest BCUT2D eigenvalue weighted by atomic mass is 10.1. The molecule has 9 heteroatoms. The van der Waals surface area contributed by atoms with Crippen LogP contribution in [0.5, 0.6) is 11.5 Å². The van der Waals surface area contributed by atoms with Crippen LogP contribution in [0.15, 0.2) is 48.5 Å². The number of anilines is 2. The van der Waals surface area contributed by atoms with Crippen LogP contribution in [0.3, 0.4) is 0 Å². The van der Waals surface area contributed by atoms with Gasteiger partial charge >= 0.3 is 6.36 Å². The van der Waals surface area contributed by atoms with E-state index in [1.54, 1.807) is 24.3 Å². The molecule has 0 radical (unpaired) electrons. The number of amides is 2. The van der Waals surface area contributed by atoms with Crippen LogP contribution in [0.1, 0.15) is 6.92 Å². The first kappa shape index (κ1) is 18.6. The average molecular weight is 380 g/mol. The molecule has 1 aliphatic rings. The van der Waals surface area contributed by atoms with Gasteiger partial charge in [0.25, 0.3) is 5.91 Å². The van der Waals surface area contributed by atoms with Crippen LogP contribution in [0, 0.1) is 0 Å². The van der Waals surface area contributed by atoms with Gasteiger partial charge in [-0.05, 0) is 36.4 Å². The summed E-state index contributed by atoms with van der Waals surface area (Å²) in [6, 6.07) is 11.6. The number of benzene rings is 2. The third-order valence-corrected chi connectivity index (χ3v) is 3.80. The molecule has 0 aromatic heterocycles. The van der Waals surface area contributed by atoms with Crippen molar-refractivity contribution < 1.29 is 32.2 Å². The molecule has 1 N–H and O–H groups in total. The predicted octanol–water partition coefficient (Wildman–Crippen LogP) is 3.34. The van der Waals surface area contributed by atoms with Crippen LogP contribution < -0.4 is 19.7 Å². The number of nitrogens with zero attached hydrogens (tertiary/aromatic N) is 1. The number of hydrogen-bond donors (Lipinski definition) is 1. The third-order valence-electron chi connectivity index (χ3n) is 3.80. The molecule has 2 aromatic rings. The van der Waals surface area contributed by atoms with Crippen molar-refractivity contribution in [2.24, 2.45) is 0 Å². The maximum Gasteiger partial charge on any atom is 0.573 e. The van der Waals surface area contributed by atoms with Gasteiger partial charge in [0.05, 0.1) is 12.2 Å². The average Bonchev–Trinajstić information content (AvgIpc) is 2.61. The van der Waals surface area contributed by atoms with Crippen LogP contribution in [-0.4, -0.2) is 30.8 Å². The minimum atomic E-state index is -4.79. The fraction of sp³-hybridized carbons (Fsp3) is 0.222. The number of rotatable bonds is 3. The SMILES string of the molecule is CC(=O)N1CC(C(=O)Nc2ccc(OC(F)(F)F)cc2)Oc2ccccc21. The van der Waals surface area contributed by atoms with Crippen LogP contribution in [0.25, 0.3) is 0 Å². The number of halogens is 3. The van der Waals surface area contributed by atoms with Gasteiger partial charge in [0.15, 0.2) is 6.10 Å². The second-order valence-electron chi connectivity index (χ2n) is 5.77. The van der Waals surface area contributed by atoms with E-state index in [-0.39, 0.29) is 18.1 Å². The number of alkyl halides is 3. The molecule has 0 bridgehead atoms. The van der Waals surface area contributed by atoms with Crippen molar-refractivity contribution in [3.63, 3.8) is 0 Å². The lowest BCUT2D eigenvalue weighted by Crippen LogP contribution is -2.48. The fourth-order valence-corrected chi connectivity index (χ4v) is 2.63. The Morgan fingerprint density at radius 2 is 1.81 bits per heavy atom. The Bertz CT molecular complexity index is 852. The molecule has 2 aromatic carbocycles. The maximum absolute atomic E-state index is 12.5. The standard InChI is InChI=1S/C18H15F3N2O4/c1-11(24)23-10-16(26-15-5-3-2-4-14(15)23)17(25)22-12-6-8-13(9-7-12)27-18(19,20)21/h2-9,16H,10H2,1H3,(H,22,25). The summed E-state index contributed by atoms with van der Waals surface area (Å²) in [6.07, 6.45) is -5.75. The minimum Gasteiger partial charge on any atom is -0.476 e. The van der Waals surface area contributed by atoms with E-state index in [1.165, 1.54) is 24.0 Å². The van der Waals surface area contributed by atoms with E-state index in [1.807, 2.05) is 0 Å². The summed E-state index contributed by atoms with van der Waals surface area (Å²) < 4.78 is 46.0. The molecule has 27 heavy (non-hydrogen) atoms. The molecule has 6 nitrogen and oxygen atoms in total. The van der Waals surface area contributed by atoms with E-state index in [0.29, 0.717) is 11.4 Å². The molecule has 142 valence electrons. The van der Waals surface area contributed by atoms with E-state index in [2.05, 4.69) is 10.1 Å². The molecule has 1 aliphatic heterocycles. The Morgan fingerprint density at radius 1 is 1.15 bits per heavy atom. The number of fused-ring (bicyclic) bond motifs is 1. The first-order valence-electron chi connectivity index (χ1n) is 7.93. The lowest BCUT2D eigenvalue weighted by Gasteiger charge is -2.33. The minimum absolute atomic E-state index is 0.0213. The zero-order chi connectivity index (χ0) is 19.6. The van der Waals surface area contributed by atoms with E-state index >= 15 is 0 Å². The first-order valence-corrected chi connectivity index (χ1v) is 7.93. The molecule has 1 atom stereocenters. The third kappa shape index (κ3) is 4.49. The van der Waals surface area contributed by atoms with Crippen LogP contribution in [-0.2, 0) is 9.59 Å². The number of ether oxygens (including phenoxy) is 2. The van der Waals surface area contributed by atoms with Gasteiger partial charge in [-0.3, -0.25) is 9.59 Å². The van der Waals surface area contributed by atoms with Crippen molar-refractivity contribution in [2.75, 3.05) is 16.8 Å². The van der Waals surface area contributed by atoms with Gasteiger partial charge in [-0.2, -0.15) is 0 Å². The maximum atomic E-state index is 12.5. The van der Waals surface area contributed by atoms with E-state index in [9.17, 15) is 22.8 Å². The largest absolute Gasteiger partial charge is 0.573 e. The molecule has 1 unspecified atom stereocenters. The number of para-hydroxylation sites is 2. The van der Waals surface area contributed by atoms with Crippen molar-refractivity contribution in [1.82, 2.24) is 0 Å². The topological polar surface area (TPSA) is 67.9 Å². The molecule has 0 saturated heterocycles. The zero-order valence-corrected chi connectivity index (χ0v) is 14.1. The van der Waals surface area contributed by atoms with E-state index < -0.39 is 24.1 Å². The second-order valence-corrected chi connectivity index (χ2v) is 5.77. The summed E-state index contributed by atoms with van der Waals surface area (Å²) in [5.74, 6) is -0.767. The summed E-state index contributed by atoms with van der Waals surface area (Å²) in [4.78, 5) is 25.8. The molecule has 3 rings (SSSR count). The molecule has 0 aliphatic carbocycles. The van der Waals surface area contributed by atoms with Gasteiger partial charge in [0.2, 0.25) is 5.91 Å². The molecular weight excluding hydrogens is 365 g/mol. The monoisotopic (exact) mass is 380 g/mol. The zero-order valence-electron chi connectivity index (χ0n) is 14.1. The van der Waals surface area contributed by atoms with Crippen molar-refractivity contribution in [3.05, 3.63) is 48.5 Å². The van der Waals surface area contributed by atoms with Gasteiger partial charge in [-0.25, -0.2) is 0 Å². The van der Waals surface area contributed by atoms with Gasteiger partial charge < -0.3 is 19.7 Å². The Balaban J connectivity index is 1.70. The van der Waals surface area contributed by atoms with Gasteiger partial charge in [-0.1, -0.05) is 12.1 Å². The Hall–Kier alpha value is -3.23. The first-order chi connectivity index (χ1) is 12.7. The molecule has 2 amide bonds. The van der Waals surface area contributed by atoms with Crippen molar-refractivity contribution in [1.29, 1.82) is 0 Å². The van der Waals surface area contributed by atoms with E-state index in [4.69, 9.17) is 4.74 Å². The highest BCUT2D eigenvalue weighted by Gasteiger charge is 2.33. The number of carbonyl (C=O) groups excluding carboxylic acids is 2. The summed E-state index contributed by atoms with van der Waals surface area (Å²) >= 11 is 0. The molecule has 0 saturated carbocycles. The smallest absolute Gasteiger partial charge is 0.476 e. The van der Waals surface area contributed by atoms with Crippen molar-refractivity contribution >= 4 is 23.2 Å². The van der Waals surface area contributed by atoms with Gasteiger partial charge in [0, 0.05) is 12.6 Å². The van der Waals surface area contributed by atoms with Gasteiger partial charge in [-0.15, -0.1) is 13.2 Å². The van der Waals surface area contributed by atoms with Crippen molar-refractivity contribution in [3.8, 4) is 11.5 Å². The number of carbonyl (C=O) groups is 2. The van der Waals surface area contributed by atoms with Crippen molar-refractivity contribution in [2.45, 2.75) is 19.4 Å². The predicted molar refractivity (Wildman–Crippen MR) is 90.6 cm³/mol. The molecular formula is C18H15F3N2O4. The highest BCUT2D eigenvalue weighted by Crippen LogP contribution is 2.33. The quantitative estimate of drug-likeness (QED) is 0.887. The number of nitrogens with one attached hydrogen (secondary N) is 1. The molecule has 1 heterocycles. The highest BCUT2D eigenvalue weighted by atomic mass is 19.4. The van der Waals surface area contributed by atoms with Gasteiger partial charge in [0.1, 0.15) is 11.5 Å². The Labute approximate surface area is 152 Å². The summed E-state index contributed by atoms with van der Waals surface area (Å²) in [6.45, 7) is 1.41.